The molecule has 0 amide bonds. The van der Waals surface area contributed by atoms with Crippen molar-refractivity contribution in [1.29, 1.82) is 0 Å². The molecule has 0 aliphatic carbocycles. The van der Waals surface area contributed by atoms with Crippen molar-refractivity contribution in [2.75, 3.05) is 0 Å². The van der Waals surface area contributed by atoms with Gasteiger partial charge in [-0.3, -0.25) is 0 Å². The summed E-state index contributed by atoms with van der Waals surface area (Å²) in [5.74, 6) is 0.714. The Hall–Kier alpha value is 0. The van der Waals surface area contributed by atoms with E-state index in [0.717, 1.165) is 0 Å². The first-order chi connectivity index (χ1) is 23.3. The molecule has 0 rings (SSSR count). The lowest BCUT2D eigenvalue weighted by Crippen LogP contribution is -1.95. The number of hydrogen-bond donors (Lipinski definition) is 0. The van der Waals surface area contributed by atoms with Crippen molar-refractivity contribution in [3.8, 4) is 0 Å². The van der Waals surface area contributed by atoms with E-state index in [-0.39, 0.29) is 0 Å². The van der Waals surface area contributed by atoms with Gasteiger partial charge in [0.2, 0.25) is 0 Å². The van der Waals surface area contributed by atoms with Crippen molar-refractivity contribution >= 4 is 0 Å². The van der Waals surface area contributed by atoms with Crippen LogP contribution in [0.3, 0.4) is 0 Å². The molecule has 0 spiro atoms. The highest BCUT2D eigenvalue weighted by molar-refractivity contribution is 4.62. The van der Waals surface area contributed by atoms with Gasteiger partial charge in [-0.1, -0.05) is 297 Å². The van der Waals surface area contributed by atoms with Crippen molar-refractivity contribution in [2.45, 2.75) is 290 Å². The molecule has 0 aliphatic heterocycles. The van der Waals surface area contributed by atoms with Gasteiger partial charge in [-0.05, 0) is 5.92 Å². The summed E-state index contributed by atoms with van der Waals surface area (Å²) < 4.78 is 0. The maximum Gasteiger partial charge on any atom is -0.0414 e. The molecule has 47 heavy (non-hydrogen) atoms. The van der Waals surface area contributed by atoms with Gasteiger partial charge in [-0.2, -0.15) is 0 Å². The van der Waals surface area contributed by atoms with Gasteiger partial charge in [-0.25, -0.2) is 0 Å². The van der Waals surface area contributed by atoms with Crippen LogP contribution < -0.4 is 0 Å². The highest BCUT2D eigenvalue weighted by Crippen LogP contribution is 2.20. The molecule has 0 fully saturated rings. The first-order valence-electron chi connectivity index (χ1n) is 23.1. The number of hydrogen-bond acceptors (Lipinski definition) is 0. The SMILES string of the molecule is [CH2]C(CCCCCCCCCCCCCCCCCCC)CCCCCCCCCCCCCCCCCCCCCCCCCC. The third-order valence-corrected chi connectivity index (χ3v) is 11.2. The molecule has 0 aromatic rings. The lowest BCUT2D eigenvalue weighted by atomic mass is 9.95. The van der Waals surface area contributed by atoms with Crippen molar-refractivity contribution in [2.24, 2.45) is 5.92 Å². The highest BCUT2D eigenvalue weighted by atomic mass is 14.1. The van der Waals surface area contributed by atoms with Crippen molar-refractivity contribution in [1.82, 2.24) is 0 Å². The van der Waals surface area contributed by atoms with Gasteiger partial charge in [-0.15, -0.1) is 0 Å². The monoisotopic (exact) mass is 660 g/mol. The minimum Gasteiger partial charge on any atom is -0.0654 e. The predicted molar refractivity (Wildman–Crippen MR) is 219 cm³/mol. The van der Waals surface area contributed by atoms with E-state index in [4.69, 9.17) is 0 Å². The molecule has 283 valence electrons. The molecule has 0 N–H and O–H groups in total. The van der Waals surface area contributed by atoms with Gasteiger partial charge in [0.1, 0.15) is 0 Å². The molecule has 0 saturated carbocycles. The second-order valence-electron chi connectivity index (χ2n) is 16.2. The fourth-order valence-corrected chi connectivity index (χ4v) is 7.70. The second kappa shape index (κ2) is 44.0. The largest absolute Gasteiger partial charge is 0.0654 e. The molecule has 0 heteroatoms. The molecule has 1 unspecified atom stereocenters. The number of unbranched alkanes of at least 4 members (excludes halogenated alkanes) is 39. The van der Waals surface area contributed by atoms with Gasteiger partial charge in [0, 0.05) is 0 Å². The lowest BCUT2D eigenvalue weighted by Gasteiger charge is -2.11. The third kappa shape index (κ3) is 44.0. The topological polar surface area (TPSA) is 0 Å². The Labute approximate surface area is 302 Å². The molecule has 0 heterocycles. The fraction of sp³-hybridized carbons (Fsp3) is 0.979. The molecule has 1 atom stereocenters. The van der Waals surface area contributed by atoms with Gasteiger partial charge in [0.05, 0.1) is 0 Å². The van der Waals surface area contributed by atoms with E-state index in [1.807, 2.05) is 0 Å². The Morgan fingerprint density at radius 2 is 0.340 bits per heavy atom. The Bertz CT molecular complexity index is 508. The average Bonchev–Trinajstić information content (AvgIpc) is 3.08. The Kier molecular flexibility index (Phi) is 44.0. The predicted octanol–water partition coefficient (Wildman–Crippen LogP) is 18.3. The van der Waals surface area contributed by atoms with Crippen LogP contribution in [0.5, 0.6) is 0 Å². The van der Waals surface area contributed by atoms with E-state index < -0.39 is 0 Å². The van der Waals surface area contributed by atoms with Crippen LogP contribution in [0.4, 0.5) is 0 Å². The van der Waals surface area contributed by atoms with Crippen LogP contribution in [0.2, 0.25) is 0 Å². The summed E-state index contributed by atoms with van der Waals surface area (Å²) in [7, 11) is 0. The molecule has 0 nitrogen and oxygen atoms in total. The zero-order valence-corrected chi connectivity index (χ0v) is 33.7. The molecular weight excluding hydrogens is 565 g/mol. The van der Waals surface area contributed by atoms with Crippen molar-refractivity contribution in [3.05, 3.63) is 6.92 Å². The smallest absolute Gasteiger partial charge is 0.0414 e. The first-order valence-corrected chi connectivity index (χ1v) is 23.1. The van der Waals surface area contributed by atoms with Crippen LogP contribution in [-0.4, -0.2) is 0 Å². The van der Waals surface area contributed by atoms with Gasteiger partial charge >= 0.3 is 0 Å². The van der Waals surface area contributed by atoms with Crippen molar-refractivity contribution in [3.63, 3.8) is 0 Å². The zero-order valence-electron chi connectivity index (χ0n) is 33.7. The minimum absolute atomic E-state index is 0.714. The summed E-state index contributed by atoms with van der Waals surface area (Å²) in [6.45, 7) is 9.10. The van der Waals surface area contributed by atoms with Gasteiger partial charge < -0.3 is 0 Å². The van der Waals surface area contributed by atoms with Crippen LogP contribution in [0.15, 0.2) is 0 Å². The van der Waals surface area contributed by atoms with E-state index in [1.165, 1.54) is 276 Å². The van der Waals surface area contributed by atoms with Crippen LogP contribution >= 0.6 is 0 Å². The molecule has 0 saturated heterocycles. The Morgan fingerprint density at radius 1 is 0.213 bits per heavy atom. The zero-order chi connectivity index (χ0) is 34.0. The average molecular weight is 660 g/mol. The first kappa shape index (κ1) is 47.0. The molecule has 0 aliphatic rings. The fourth-order valence-electron chi connectivity index (χ4n) is 7.70. The van der Waals surface area contributed by atoms with E-state index >= 15 is 0 Å². The summed E-state index contributed by atoms with van der Waals surface area (Å²) in [5, 5.41) is 0. The second-order valence-corrected chi connectivity index (χ2v) is 16.2. The molecule has 0 bridgehead atoms. The van der Waals surface area contributed by atoms with Crippen LogP contribution in [0.25, 0.3) is 0 Å². The Balaban J connectivity index is 3.13. The van der Waals surface area contributed by atoms with Crippen LogP contribution in [0.1, 0.15) is 290 Å². The minimum atomic E-state index is 0.714. The van der Waals surface area contributed by atoms with Crippen LogP contribution in [0, 0.1) is 12.8 Å². The quantitative estimate of drug-likeness (QED) is 0.0571. The summed E-state index contributed by atoms with van der Waals surface area (Å²) in [5.41, 5.74) is 0. The summed E-state index contributed by atoms with van der Waals surface area (Å²) in [4.78, 5) is 0. The van der Waals surface area contributed by atoms with Crippen LogP contribution in [-0.2, 0) is 0 Å². The molecule has 0 aromatic heterocycles. The lowest BCUT2D eigenvalue weighted by molar-refractivity contribution is 0.459. The summed E-state index contributed by atoms with van der Waals surface area (Å²) >= 11 is 0. The molecule has 1 radical (unpaired) electrons. The van der Waals surface area contributed by atoms with E-state index in [1.54, 1.807) is 0 Å². The normalized spacial score (nSPS) is 12.3. The van der Waals surface area contributed by atoms with Gasteiger partial charge in [0.25, 0.3) is 0 Å². The van der Waals surface area contributed by atoms with E-state index in [9.17, 15) is 0 Å². The maximum absolute atomic E-state index is 4.48. The summed E-state index contributed by atoms with van der Waals surface area (Å²) in [6.07, 6.45) is 63.0. The van der Waals surface area contributed by atoms with Crippen molar-refractivity contribution < 1.29 is 0 Å². The number of rotatable bonds is 43. The maximum atomic E-state index is 4.48. The molecule has 0 aromatic carbocycles. The summed E-state index contributed by atoms with van der Waals surface area (Å²) in [6, 6.07) is 0. The standard InChI is InChI=1S/C47H95/c1-4-6-8-10-12-14-16-18-20-22-23-24-25-26-27-28-30-32-34-36-38-40-42-44-46-47(3)45-43-41-39-37-35-33-31-29-21-19-17-15-13-11-9-7-5-2/h47H,3-46H2,1-2H3. The third-order valence-electron chi connectivity index (χ3n) is 11.2. The van der Waals surface area contributed by atoms with Gasteiger partial charge in [0.15, 0.2) is 0 Å². The molecular formula is C47H95. The highest BCUT2D eigenvalue weighted by Gasteiger charge is 2.03. The van der Waals surface area contributed by atoms with E-state index in [0.29, 0.717) is 5.92 Å². The Morgan fingerprint density at radius 3 is 0.489 bits per heavy atom. The van der Waals surface area contributed by atoms with E-state index in [2.05, 4.69) is 20.8 Å².